The lowest BCUT2D eigenvalue weighted by Gasteiger charge is -2.35. The number of hydrogen-bond donors (Lipinski definition) is 0. The van der Waals surface area contributed by atoms with Crippen LogP contribution in [0.15, 0.2) is 77.4 Å². The van der Waals surface area contributed by atoms with Crippen molar-refractivity contribution in [2.75, 3.05) is 6.54 Å². The van der Waals surface area contributed by atoms with Gasteiger partial charge in [-0.25, -0.2) is 0 Å². The lowest BCUT2D eigenvalue weighted by molar-refractivity contribution is -0.137. The van der Waals surface area contributed by atoms with Crippen LogP contribution >= 0.6 is 0 Å². The minimum absolute atomic E-state index is 0.0659. The van der Waals surface area contributed by atoms with Crippen molar-refractivity contribution in [2.45, 2.75) is 57.4 Å². The molecule has 0 spiro atoms. The summed E-state index contributed by atoms with van der Waals surface area (Å²) in [5.74, 6) is -0.243. The first-order valence-corrected chi connectivity index (χ1v) is 12.1. The Morgan fingerprint density at radius 2 is 1.64 bits per heavy atom. The van der Waals surface area contributed by atoms with E-state index in [9.17, 15) is 22.8 Å². The van der Waals surface area contributed by atoms with Crippen molar-refractivity contribution in [3.05, 3.63) is 95.4 Å². The predicted molar refractivity (Wildman–Crippen MR) is 129 cm³/mol. The minimum atomic E-state index is -4.56. The molecule has 2 amide bonds. The van der Waals surface area contributed by atoms with Gasteiger partial charge in [0, 0.05) is 18.2 Å². The number of furan rings is 1. The Bertz CT molecular complexity index is 1140. The Labute approximate surface area is 208 Å². The average Bonchev–Trinajstić information content (AvgIpc) is 3.40. The zero-order valence-corrected chi connectivity index (χ0v) is 19.9. The summed E-state index contributed by atoms with van der Waals surface area (Å²) >= 11 is 0. The summed E-state index contributed by atoms with van der Waals surface area (Å²) < 4.78 is 45.3. The smallest absolute Gasteiger partial charge is 0.416 e. The van der Waals surface area contributed by atoms with E-state index in [0.717, 1.165) is 49.8 Å². The van der Waals surface area contributed by atoms with Crippen LogP contribution in [-0.2, 0) is 24.1 Å². The molecule has 4 rings (SSSR count). The Balaban J connectivity index is 1.60. The summed E-state index contributed by atoms with van der Waals surface area (Å²) in [5.41, 5.74) is -0.0264. The Hall–Kier alpha value is -3.55. The van der Waals surface area contributed by atoms with Crippen molar-refractivity contribution in [3.63, 3.8) is 0 Å². The van der Waals surface area contributed by atoms with Gasteiger partial charge in [-0.05, 0) is 48.7 Å². The van der Waals surface area contributed by atoms with Crippen LogP contribution in [0.25, 0.3) is 0 Å². The van der Waals surface area contributed by atoms with Crippen LogP contribution in [0.5, 0.6) is 0 Å². The van der Waals surface area contributed by atoms with Gasteiger partial charge in [0.25, 0.3) is 5.91 Å². The molecule has 0 unspecified atom stereocenters. The maximum absolute atomic E-state index is 13.6. The van der Waals surface area contributed by atoms with Gasteiger partial charge in [0.05, 0.1) is 18.4 Å². The number of carbonyl (C=O) groups is 2. The van der Waals surface area contributed by atoms with E-state index in [1.807, 2.05) is 30.3 Å². The van der Waals surface area contributed by atoms with Gasteiger partial charge in [0.2, 0.25) is 5.91 Å². The molecule has 1 fully saturated rings. The number of nitrogens with zero attached hydrogens (tertiary/aromatic N) is 2. The highest BCUT2D eigenvalue weighted by molar-refractivity contribution is 5.97. The number of amides is 2. The van der Waals surface area contributed by atoms with Gasteiger partial charge in [-0.3, -0.25) is 9.59 Å². The van der Waals surface area contributed by atoms with E-state index >= 15 is 0 Å². The monoisotopic (exact) mass is 498 g/mol. The quantitative estimate of drug-likeness (QED) is 0.366. The molecule has 0 bridgehead atoms. The highest BCUT2D eigenvalue weighted by Crippen LogP contribution is 2.31. The molecule has 1 saturated carbocycles. The molecular formula is C28H29F3N2O3. The van der Waals surface area contributed by atoms with Crippen LogP contribution in [-0.4, -0.2) is 34.2 Å². The average molecular weight is 499 g/mol. The van der Waals surface area contributed by atoms with Crippen LogP contribution in [0.1, 0.15) is 59.3 Å². The van der Waals surface area contributed by atoms with Crippen molar-refractivity contribution < 1.29 is 27.2 Å². The lowest BCUT2D eigenvalue weighted by atomic mass is 9.93. The molecule has 36 heavy (non-hydrogen) atoms. The zero-order chi connectivity index (χ0) is 25.5. The molecule has 8 heteroatoms. The lowest BCUT2D eigenvalue weighted by Crippen LogP contribution is -2.48. The van der Waals surface area contributed by atoms with Crippen molar-refractivity contribution in [3.8, 4) is 0 Å². The highest BCUT2D eigenvalue weighted by Gasteiger charge is 2.33. The van der Waals surface area contributed by atoms with Gasteiger partial charge in [-0.1, -0.05) is 55.7 Å². The van der Waals surface area contributed by atoms with Gasteiger partial charge in [-0.2, -0.15) is 13.2 Å². The van der Waals surface area contributed by atoms with E-state index in [2.05, 4.69) is 0 Å². The van der Waals surface area contributed by atoms with E-state index in [0.29, 0.717) is 12.3 Å². The molecule has 1 aromatic heterocycles. The first kappa shape index (κ1) is 25.5. The van der Waals surface area contributed by atoms with Crippen LogP contribution in [0.2, 0.25) is 0 Å². The predicted octanol–water partition coefficient (Wildman–Crippen LogP) is 6.30. The molecule has 190 valence electrons. The van der Waals surface area contributed by atoms with E-state index < -0.39 is 17.6 Å². The molecule has 1 heterocycles. The fourth-order valence-corrected chi connectivity index (χ4v) is 4.63. The Kier molecular flexibility index (Phi) is 8.13. The molecule has 1 aliphatic rings. The summed E-state index contributed by atoms with van der Waals surface area (Å²) in [5, 5.41) is 0. The fraction of sp³-hybridized carbons (Fsp3) is 0.357. The zero-order valence-electron chi connectivity index (χ0n) is 19.9. The third kappa shape index (κ3) is 6.56. The molecular weight excluding hydrogens is 469 g/mol. The number of rotatable bonds is 8. The van der Waals surface area contributed by atoms with E-state index in [1.165, 1.54) is 23.3 Å². The van der Waals surface area contributed by atoms with Crippen LogP contribution in [0.3, 0.4) is 0 Å². The van der Waals surface area contributed by atoms with Crippen LogP contribution < -0.4 is 0 Å². The van der Waals surface area contributed by atoms with E-state index in [4.69, 9.17) is 4.42 Å². The van der Waals surface area contributed by atoms with Crippen LogP contribution in [0, 0.1) is 0 Å². The highest BCUT2D eigenvalue weighted by atomic mass is 19.4. The number of hydrogen-bond acceptors (Lipinski definition) is 3. The second-order valence-electron chi connectivity index (χ2n) is 9.12. The largest absolute Gasteiger partial charge is 0.467 e. The van der Waals surface area contributed by atoms with Crippen molar-refractivity contribution in [1.82, 2.24) is 9.80 Å². The molecule has 2 aromatic carbocycles. The van der Waals surface area contributed by atoms with E-state index in [1.54, 1.807) is 17.0 Å². The van der Waals surface area contributed by atoms with E-state index in [-0.39, 0.29) is 30.6 Å². The fourth-order valence-electron chi connectivity index (χ4n) is 4.63. The van der Waals surface area contributed by atoms with Crippen molar-refractivity contribution in [1.29, 1.82) is 0 Å². The topological polar surface area (TPSA) is 53.8 Å². The maximum Gasteiger partial charge on any atom is 0.416 e. The van der Waals surface area contributed by atoms with Gasteiger partial charge < -0.3 is 14.2 Å². The van der Waals surface area contributed by atoms with Crippen molar-refractivity contribution >= 4 is 11.8 Å². The van der Waals surface area contributed by atoms with Crippen LogP contribution in [0.4, 0.5) is 13.2 Å². The summed E-state index contributed by atoms with van der Waals surface area (Å²) in [6.07, 6.45) is 1.26. The second kappa shape index (κ2) is 11.5. The van der Waals surface area contributed by atoms with Crippen molar-refractivity contribution in [2.24, 2.45) is 0 Å². The first-order valence-electron chi connectivity index (χ1n) is 12.1. The molecule has 3 aromatic rings. The number of halogens is 3. The normalized spacial score (nSPS) is 14.4. The first-order chi connectivity index (χ1) is 17.3. The molecule has 0 saturated heterocycles. The molecule has 0 aliphatic heterocycles. The maximum atomic E-state index is 13.6. The summed E-state index contributed by atoms with van der Waals surface area (Å²) in [7, 11) is 0. The SMILES string of the molecule is O=C(CN(C(=O)c1cccc(C(F)(F)F)c1)C1CCCCC1)N(Cc1ccccc1)Cc1ccco1. The Morgan fingerprint density at radius 3 is 2.31 bits per heavy atom. The van der Waals surface area contributed by atoms with Gasteiger partial charge in [0.1, 0.15) is 12.3 Å². The van der Waals surface area contributed by atoms with Gasteiger partial charge in [-0.15, -0.1) is 0 Å². The third-order valence-corrected chi connectivity index (χ3v) is 6.51. The Morgan fingerprint density at radius 1 is 0.889 bits per heavy atom. The summed E-state index contributed by atoms with van der Waals surface area (Å²) in [4.78, 5) is 30.2. The standard InChI is InChI=1S/C28H29F3N2O3/c29-28(30,31)23-12-7-11-22(17-23)27(35)33(24-13-5-2-6-14-24)20-26(34)32(19-25-15-8-16-36-25)18-21-9-3-1-4-10-21/h1,3-4,7-12,15-17,24H,2,5-6,13-14,18-20H2. The molecule has 0 radical (unpaired) electrons. The molecule has 0 atom stereocenters. The molecule has 0 N–H and O–H groups in total. The molecule has 5 nitrogen and oxygen atoms in total. The van der Waals surface area contributed by atoms with Gasteiger partial charge >= 0.3 is 6.18 Å². The van der Waals surface area contributed by atoms with Gasteiger partial charge in [0.15, 0.2) is 0 Å². The number of benzene rings is 2. The number of alkyl halides is 3. The third-order valence-electron chi connectivity index (χ3n) is 6.51. The number of carbonyl (C=O) groups excluding carboxylic acids is 2. The summed E-state index contributed by atoms with van der Waals surface area (Å²) in [6.45, 7) is 0.320. The molecule has 1 aliphatic carbocycles. The summed E-state index contributed by atoms with van der Waals surface area (Å²) in [6, 6.07) is 17.2. The second-order valence-corrected chi connectivity index (χ2v) is 9.12. The minimum Gasteiger partial charge on any atom is -0.467 e.